The van der Waals surface area contributed by atoms with Gasteiger partial charge in [0.1, 0.15) is 0 Å². The monoisotopic (exact) mass is 263 g/mol. The van der Waals surface area contributed by atoms with Crippen LogP contribution >= 0.6 is 0 Å². The van der Waals surface area contributed by atoms with Crippen LogP contribution < -0.4 is 5.32 Å². The first-order valence-electron chi connectivity index (χ1n) is 8.29. The predicted molar refractivity (Wildman–Crippen MR) is 77.0 cm³/mol. The summed E-state index contributed by atoms with van der Waals surface area (Å²) in [4.78, 5) is 0. The van der Waals surface area contributed by atoms with Gasteiger partial charge in [0.05, 0.1) is 12.2 Å². The molecule has 1 saturated heterocycles. The number of ether oxygens (including phenoxy) is 1. The maximum Gasteiger partial charge on any atom is 0.0751 e. The van der Waals surface area contributed by atoms with E-state index in [1.807, 2.05) is 0 Å². The summed E-state index contributed by atoms with van der Waals surface area (Å²) in [5.74, 6) is 3.08. The fourth-order valence-corrected chi connectivity index (χ4v) is 5.98. The van der Waals surface area contributed by atoms with Gasteiger partial charge in [-0.15, -0.1) is 0 Å². The Balaban J connectivity index is 1.61. The van der Waals surface area contributed by atoms with E-state index < -0.39 is 0 Å². The number of hydrogen-bond donors (Lipinski definition) is 1. The molecule has 5 rings (SSSR count). The molecule has 0 amide bonds. The second kappa shape index (κ2) is 3.76. The molecule has 108 valence electrons. The first-order valence-corrected chi connectivity index (χ1v) is 8.29. The van der Waals surface area contributed by atoms with Crippen LogP contribution in [0.1, 0.15) is 59.3 Å². The van der Waals surface area contributed by atoms with Gasteiger partial charge in [-0.25, -0.2) is 0 Å². The van der Waals surface area contributed by atoms with Crippen molar-refractivity contribution in [1.29, 1.82) is 0 Å². The molecule has 0 aromatic rings. The summed E-state index contributed by atoms with van der Waals surface area (Å²) in [6.45, 7) is 8.78. The lowest BCUT2D eigenvalue weighted by atomic mass is 9.45. The Morgan fingerprint density at radius 1 is 0.895 bits per heavy atom. The fourth-order valence-electron chi connectivity index (χ4n) is 5.98. The summed E-state index contributed by atoms with van der Waals surface area (Å²) >= 11 is 0. The molecule has 0 spiro atoms. The minimum Gasteiger partial charge on any atom is -0.372 e. The van der Waals surface area contributed by atoms with Crippen LogP contribution in [-0.4, -0.2) is 24.3 Å². The molecule has 0 radical (unpaired) electrons. The average molecular weight is 263 g/mol. The van der Waals surface area contributed by atoms with E-state index >= 15 is 0 Å². The van der Waals surface area contributed by atoms with E-state index in [4.69, 9.17) is 4.74 Å². The molecule has 0 aromatic heterocycles. The predicted octanol–water partition coefficient (Wildman–Crippen LogP) is 3.36. The van der Waals surface area contributed by atoms with Crippen LogP contribution in [0.25, 0.3) is 0 Å². The van der Waals surface area contributed by atoms with Crippen molar-refractivity contribution in [2.75, 3.05) is 13.2 Å². The van der Waals surface area contributed by atoms with Crippen LogP contribution in [0, 0.1) is 23.2 Å². The maximum absolute atomic E-state index is 6.21. The fraction of sp³-hybridized carbons (Fsp3) is 1.00. The summed E-state index contributed by atoms with van der Waals surface area (Å²) in [5.41, 5.74) is 0.776. The largest absolute Gasteiger partial charge is 0.372 e. The molecular weight excluding hydrogens is 234 g/mol. The van der Waals surface area contributed by atoms with Gasteiger partial charge in [0.2, 0.25) is 0 Å². The Hall–Kier alpha value is -0.0800. The summed E-state index contributed by atoms with van der Waals surface area (Å²) in [6.07, 6.45) is 8.98. The van der Waals surface area contributed by atoms with Crippen LogP contribution in [-0.2, 0) is 4.74 Å². The van der Waals surface area contributed by atoms with Crippen molar-refractivity contribution < 1.29 is 4.74 Å². The van der Waals surface area contributed by atoms with E-state index in [0.29, 0.717) is 5.41 Å². The molecule has 1 aliphatic heterocycles. The molecular formula is C17H29NO. The van der Waals surface area contributed by atoms with Crippen LogP contribution in [0.3, 0.4) is 0 Å². The highest BCUT2D eigenvalue weighted by Gasteiger charge is 2.59. The zero-order chi connectivity index (χ0) is 13.3. The third kappa shape index (κ3) is 1.82. The Morgan fingerprint density at radius 3 is 1.84 bits per heavy atom. The van der Waals surface area contributed by atoms with Gasteiger partial charge in [-0.1, -0.05) is 0 Å². The van der Waals surface area contributed by atoms with Crippen LogP contribution in [0.2, 0.25) is 0 Å². The minimum absolute atomic E-state index is 0.0157. The van der Waals surface area contributed by atoms with Crippen molar-refractivity contribution in [3.8, 4) is 0 Å². The summed E-state index contributed by atoms with van der Waals surface area (Å²) < 4.78 is 6.21. The van der Waals surface area contributed by atoms with E-state index in [2.05, 4.69) is 26.1 Å². The Bertz CT molecular complexity index is 341. The number of nitrogens with one attached hydrogen (secondary N) is 1. The lowest BCUT2D eigenvalue weighted by Crippen LogP contribution is -2.69. The van der Waals surface area contributed by atoms with E-state index in [1.54, 1.807) is 0 Å². The van der Waals surface area contributed by atoms with Crippen molar-refractivity contribution in [2.24, 2.45) is 23.2 Å². The summed E-state index contributed by atoms with van der Waals surface area (Å²) in [7, 11) is 0. The molecule has 2 heteroatoms. The third-order valence-electron chi connectivity index (χ3n) is 6.86. The van der Waals surface area contributed by atoms with E-state index in [9.17, 15) is 0 Å². The van der Waals surface area contributed by atoms with Gasteiger partial charge < -0.3 is 10.1 Å². The standard InChI is InChI=1S/C17H29NO/c1-15(2)10-18-16(3,11-19-15)17-7-12-4-13(8-17)6-14(5-12)9-17/h12-14,18H,4-11H2,1-3H3. The van der Waals surface area contributed by atoms with Crippen LogP contribution in [0.4, 0.5) is 0 Å². The van der Waals surface area contributed by atoms with Crippen molar-refractivity contribution in [2.45, 2.75) is 70.4 Å². The highest BCUT2D eigenvalue weighted by Crippen LogP contribution is 2.64. The first kappa shape index (κ1) is 12.6. The number of rotatable bonds is 1. The summed E-state index contributed by atoms with van der Waals surface area (Å²) in [5, 5.41) is 3.92. The van der Waals surface area contributed by atoms with Crippen molar-refractivity contribution in [3.05, 3.63) is 0 Å². The molecule has 1 unspecified atom stereocenters. The zero-order valence-corrected chi connectivity index (χ0v) is 12.8. The van der Waals surface area contributed by atoms with Gasteiger partial charge >= 0.3 is 0 Å². The lowest BCUT2D eigenvalue weighted by Gasteiger charge is -2.64. The number of morpholine rings is 1. The molecule has 5 aliphatic rings. The van der Waals surface area contributed by atoms with Crippen molar-refractivity contribution in [3.63, 3.8) is 0 Å². The lowest BCUT2D eigenvalue weighted by molar-refractivity contribution is -0.168. The zero-order valence-electron chi connectivity index (χ0n) is 12.8. The molecule has 2 nitrogen and oxygen atoms in total. The molecule has 0 aromatic carbocycles. The Kier molecular flexibility index (Phi) is 2.50. The van der Waals surface area contributed by atoms with Crippen molar-refractivity contribution >= 4 is 0 Å². The smallest absolute Gasteiger partial charge is 0.0751 e. The van der Waals surface area contributed by atoms with Gasteiger partial charge in [-0.2, -0.15) is 0 Å². The SMILES string of the molecule is CC1(C)CNC(C)(C23CC4CC(CC(C4)C2)C3)CO1. The third-order valence-corrected chi connectivity index (χ3v) is 6.86. The molecule has 19 heavy (non-hydrogen) atoms. The second-order valence-electron chi connectivity index (χ2n) is 8.93. The van der Waals surface area contributed by atoms with Crippen LogP contribution in [0.5, 0.6) is 0 Å². The molecule has 1 heterocycles. The summed E-state index contributed by atoms with van der Waals surface area (Å²) in [6, 6.07) is 0. The molecule has 1 atom stereocenters. The van der Waals surface area contributed by atoms with Crippen molar-refractivity contribution in [1.82, 2.24) is 5.32 Å². The number of hydrogen-bond acceptors (Lipinski definition) is 2. The average Bonchev–Trinajstić information content (AvgIpc) is 2.31. The van der Waals surface area contributed by atoms with Gasteiger partial charge in [0, 0.05) is 12.1 Å². The highest BCUT2D eigenvalue weighted by atomic mass is 16.5. The topological polar surface area (TPSA) is 21.3 Å². The first-order chi connectivity index (χ1) is 8.90. The second-order valence-corrected chi connectivity index (χ2v) is 8.93. The molecule has 4 saturated carbocycles. The molecule has 4 aliphatic carbocycles. The molecule has 5 fully saturated rings. The van der Waals surface area contributed by atoms with Gasteiger partial charge in [0.25, 0.3) is 0 Å². The Labute approximate surface area is 117 Å². The van der Waals surface area contributed by atoms with Crippen LogP contribution in [0.15, 0.2) is 0 Å². The highest BCUT2D eigenvalue weighted by molar-refractivity contribution is 5.13. The van der Waals surface area contributed by atoms with E-state index in [0.717, 1.165) is 30.9 Å². The molecule has 4 bridgehead atoms. The molecule has 1 N–H and O–H groups in total. The Morgan fingerprint density at radius 2 is 1.42 bits per heavy atom. The normalized spacial score (nSPS) is 55.4. The van der Waals surface area contributed by atoms with E-state index in [-0.39, 0.29) is 11.1 Å². The van der Waals surface area contributed by atoms with Gasteiger partial charge in [0.15, 0.2) is 0 Å². The van der Waals surface area contributed by atoms with Gasteiger partial charge in [-0.05, 0) is 82.5 Å². The van der Waals surface area contributed by atoms with E-state index in [1.165, 1.54) is 38.5 Å². The quantitative estimate of drug-likeness (QED) is 0.783. The minimum atomic E-state index is 0.0157. The van der Waals surface area contributed by atoms with Gasteiger partial charge in [-0.3, -0.25) is 0 Å². The maximum atomic E-state index is 6.21.